The molecule has 0 saturated carbocycles. The van der Waals surface area contributed by atoms with Gasteiger partial charge >= 0.3 is 6.18 Å². The molecule has 1 atom stereocenters. The summed E-state index contributed by atoms with van der Waals surface area (Å²) in [4.78, 5) is 2.06. The summed E-state index contributed by atoms with van der Waals surface area (Å²) in [5.41, 5.74) is 0. The van der Waals surface area contributed by atoms with E-state index in [0.29, 0.717) is 0 Å². The number of hydrogen-bond donors (Lipinski definition) is 1. The fourth-order valence-corrected chi connectivity index (χ4v) is 1.12. The van der Waals surface area contributed by atoms with E-state index in [1.54, 1.807) is 0 Å². The van der Waals surface area contributed by atoms with Gasteiger partial charge in [0.15, 0.2) is 0 Å². The van der Waals surface area contributed by atoms with Crippen LogP contribution in [0.3, 0.4) is 0 Å². The Kier molecular flexibility index (Phi) is 6.11. The van der Waals surface area contributed by atoms with E-state index in [1.807, 2.05) is 20.9 Å². The van der Waals surface area contributed by atoms with Crippen LogP contribution in [0.15, 0.2) is 0 Å². The summed E-state index contributed by atoms with van der Waals surface area (Å²) >= 11 is 0. The van der Waals surface area contributed by atoms with Gasteiger partial charge < -0.3 is 10.2 Å². The highest BCUT2D eigenvalue weighted by molar-refractivity contribution is 4.65. The molecule has 0 aliphatic rings. The molecule has 1 N–H and O–H groups in total. The summed E-state index contributed by atoms with van der Waals surface area (Å²) in [6.45, 7) is 5.59. The molecule has 0 aliphatic heterocycles. The highest BCUT2D eigenvalue weighted by atomic mass is 19.4. The van der Waals surface area contributed by atoms with Crippen molar-refractivity contribution in [1.29, 1.82) is 0 Å². The lowest BCUT2D eigenvalue weighted by atomic mass is 10.3. The Labute approximate surface area is 83.5 Å². The molecule has 2 nitrogen and oxygen atoms in total. The first kappa shape index (κ1) is 13.7. The predicted molar refractivity (Wildman–Crippen MR) is 51.3 cm³/mol. The first-order chi connectivity index (χ1) is 6.35. The highest BCUT2D eigenvalue weighted by Gasteiger charge is 2.26. The van der Waals surface area contributed by atoms with Crippen LogP contribution in [0.5, 0.6) is 0 Å². The summed E-state index contributed by atoms with van der Waals surface area (Å²) in [5, 5.41) is 2.84. The maximum atomic E-state index is 11.8. The van der Waals surface area contributed by atoms with Crippen LogP contribution in [0, 0.1) is 0 Å². The van der Waals surface area contributed by atoms with Crippen molar-refractivity contribution in [3.8, 4) is 0 Å². The zero-order valence-corrected chi connectivity index (χ0v) is 8.99. The summed E-state index contributed by atoms with van der Waals surface area (Å²) in [6, 6.07) is 0.0994. The topological polar surface area (TPSA) is 15.3 Å². The molecular formula is C9H19F3N2. The monoisotopic (exact) mass is 212 g/mol. The lowest BCUT2D eigenvalue weighted by Crippen LogP contribution is -2.38. The lowest BCUT2D eigenvalue weighted by molar-refractivity contribution is -0.133. The van der Waals surface area contributed by atoms with E-state index in [2.05, 4.69) is 10.2 Å². The van der Waals surface area contributed by atoms with Gasteiger partial charge in [0.25, 0.3) is 0 Å². The fourth-order valence-electron chi connectivity index (χ4n) is 1.12. The fraction of sp³-hybridized carbons (Fsp3) is 1.00. The maximum absolute atomic E-state index is 11.8. The molecule has 14 heavy (non-hydrogen) atoms. The standard InChI is InChI=1S/C9H19F3N2/c1-4-14(3)7-8(2)13-6-5-9(10,11)12/h8,13H,4-7H2,1-3H3. The third-order valence-corrected chi connectivity index (χ3v) is 2.03. The van der Waals surface area contributed by atoms with Gasteiger partial charge in [-0.05, 0) is 20.5 Å². The molecule has 5 heteroatoms. The van der Waals surface area contributed by atoms with Crippen molar-refractivity contribution >= 4 is 0 Å². The molecule has 0 fully saturated rings. The van der Waals surface area contributed by atoms with Crippen molar-refractivity contribution in [1.82, 2.24) is 10.2 Å². The van der Waals surface area contributed by atoms with Crippen LogP contribution in [0.25, 0.3) is 0 Å². The minimum absolute atomic E-state index is 0.00220. The number of hydrogen-bond acceptors (Lipinski definition) is 2. The van der Waals surface area contributed by atoms with Crippen molar-refractivity contribution in [2.24, 2.45) is 0 Å². The van der Waals surface area contributed by atoms with Gasteiger partial charge in [0.05, 0.1) is 6.42 Å². The minimum atomic E-state index is -4.05. The van der Waals surface area contributed by atoms with Crippen LogP contribution in [-0.4, -0.2) is 43.8 Å². The van der Waals surface area contributed by atoms with Crippen LogP contribution < -0.4 is 5.32 Å². The van der Waals surface area contributed by atoms with Crippen LogP contribution in [-0.2, 0) is 0 Å². The smallest absolute Gasteiger partial charge is 0.313 e. The second kappa shape index (κ2) is 6.24. The van der Waals surface area contributed by atoms with Crippen molar-refractivity contribution in [3.05, 3.63) is 0 Å². The van der Waals surface area contributed by atoms with Crippen molar-refractivity contribution in [2.75, 3.05) is 26.7 Å². The normalized spacial score (nSPS) is 14.8. The molecule has 0 spiro atoms. The molecule has 0 aromatic carbocycles. The molecule has 0 aromatic heterocycles. The van der Waals surface area contributed by atoms with E-state index in [1.165, 1.54) is 0 Å². The Balaban J connectivity index is 3.49. The lowest BCUT2D eigenvalue weighted by Gasteiger charge is -2.20. The van der Waals surface area contributed by atoms with Gasteiger partial charge in [-0.2, -0.15) is 13.2 Å². The summed E-state index contributed by atoms with van der Waals surface area (Å²) in [5.74, 6) is 0. The molecule has 0 heterocycles. The van der Waals surface area contributed by atoms with Crippen molar-refractivity contribution in [3.63, 3.8) is 0 Å². The summed E-state index contributed by atoms with van der Waals surface area (Å²) < 4.78 is 35.4. The van der Waals surface area contributed by atoms with Gasteiger partial charge in [-0.3, -0.25) is 0 Å². The van der Waals surface area contributed by atoms with Crippen LogP contribution in [0.4, 0.5) is 13.2 Å². The molecule has 1 unspecified atom stereocenters. The van der Waals surface area contributed by atoms with Gasteiger partial charge in [-0.1, -0.05) is 6.92 Å². The van der Waals surface area contributed by atoms with E-state index in [4.69, 9.17) is 0 Å². The third-order valence-electron chi connectivity index (χ3n) is 2.03. The Bertz CT molecular complexity index is 147. The van der Waals surface area contributed by atoms with Gasteiger partial charge in [0, 0.05) is 19.1 Å². The molecule has 0 saturated heterocycles. The Morgan fingerprint density at radius 2 is 1.93 bits per heavy atom. The predicted octanol–water partition coefficient (Wildman–Crippen LogP) is 1.87. The first-order valence-electron chi connectivity index (χ1n) is 4.84. The zero-order chi connectivity index (χ0) is 11.2. The molecule has 0 aliphatic carbocycles. The van der Waals surface area contributed by atoms with Gasteiger partial charge in [0.2, 0.25) is 0 Å². The molecule has 0 rings (SSSR count). The number of rotatable bonds is 6. The highest BCUT2D eigenvalue weighted by Crippen LogP contribution is 2.18. The second-order valence-corrected chi connectivity index (χ2v) is 3.58. The number of nitrogens with one attached hydrogen (secondary N) is 1. The summed E-state index contributed by atoms with van der Waals surface area (Å²) in [6.07, 6.45) is -4.81. The van der Waals surface area contributed by atoms with Gasteiger partial charge in [-0.25, -0.2) is 0 Å². The van der Waals surface area contributed by atoms with Crippen molar-refractivity contribution < 1.29 is 13.2 Å². The van der Waals surface area contributed by atoms with E-state index in [0.717, 1.165) is 13.1 Å². The molecule has 0 amide bonds. The van der Waals surface area contributed by atoms with E-state index >= 15 is 0 Å². The first-order valence-corrected chi connectivity index (χ1v) is 4.84. The third kappa shape index (κ3) is 8.31. The number of nitrogens with zero attached hydrogens (tertiary/aromatic N) is 1. The molecule has 0 bridgehead atoms. The van der Waals surface area contributed by atoms with Crippen molar-refractivity contribution in [2.45, 2.75) is 32.5 Å². The Hall–Kier alpha value is -0.290. The van der Waals surface area contributed by atoms with Crippen LogP contribution in [0.2, 0.25) is 0 Å². The Morgan fingerprint density at radius 3 is 2.36 bits per heavy atom. The summed E-state index contributed by atoms with van der Waals surface area (Å²) in [7, 11) is 1.95. The van der Waals surface area contributed by atoms with Gasteiger partial charge in [-0.15, -0.1) is 0 Å². The van der Waals surface area contributed by atoms with E-state index in [-0.39, 0.29) is 12.6 Å². The number of halogens is 3. The van der Waals surface area contributed by atoms with E-state index < -0.39 is 12.6 Å². The second-order valence-electron chi connectivity index (χ2n) is 3.58. The Morgan fingerprint density at radius 1 is 1.36 bits per heavy atom. The molecular weight excluding hydrogens is 193 g/mol. The number of alkyl halides is 3. The molecule has 0 radical (unpaired) electrons. The van der Waals surface area contributed by atoms with Gasteiger partial charge in [0.1, 0.15) is 0 Å². The SMILES string of the molecule is CCN(C)CC(C)NCCC(F)(F)F. The number of likely N-dealkylation sites (N-methyl/N-ethyl adjacent to an activating group) is 1. The quantitative estimate of drug-likeness (QED) is 0.723. The largest absolute Gasteiger partial charge is 0.390 e. The van der Waals surface area contributed by atoms with Crippen LogP contribution >= 0.6 is 0 Å². The molecule has 86 valence electrons. The maximum Gasteiger partial charge on any atom is 0.390 e. The van der Waals surface area contributed by atoms with Crippen LogP contribution in [0.1, 0.15) is 20.3 Å². The van der Waals surface area contributed by atoms with E-state index in [9.17, 15) is 13.2 Å². The zero-order valence-electron chi connectivity index (χ0n) is 8.99. The molecule has 0 aromatic rings. The average molecular weight is 212 g/mol. The minimum Gasteiger partial charge on any atom is -0.313 e. The average Bonchev–Trinajstić information content (AvgIpc) is 2.01.